The maximum atomic E-state index is 11.7. The van der Waals surface area contributed by atoms with E-state index >= 15 is 0 Å². The molecule has 0 aromatic heterocycles. The van der Waals surface area contributed by atoms with Crippen LogP contribution in [0.2, 0.25) is 0 Å². The van der Waals surface area contributed by atoms with Gasteiger partial charge >= 0.3 is 0 Å². The van der Waals surface area contributed by atoms with E-state index in [1.165, 1.54) is 0 Å². The first-order chi connectivity index (χ1) is 10.4. The molecule has 7 heteroatoms. The third kappa shape index (κ3) is 4.76. The first-order valence-electron chi connectivity index (χ1n) is 6.96. The minimum atomic E-state index is -1.54. The summed E-state index contributed by atoms with van der Waals surface area (Å²) >= 11 is 0. The number of nitrogens with one attached hydrogen (secondary N) is 1. The van der Waals surface area contributed by atoms with Crippen molar-refractivity contribution in [3.05, 3.63) is 29.8 Å². The molecule has 0 aliphatic heterocycles. The largest absolute Gasteiger partial charge is 0.483 e. The molecule has 0 aliphatic carbocycles. The highest BCUT2D eigenvalue weighted by molar-refractivity contribution is 6.05. The zero-order valence-corrected chi connectivity index (χ0v) is 12.7. The first-order valence-corrected chi connectivity index (χ1v) is 6.96. The Hall–Kier alpha value is -2.57. The summed E-state index contributed by atoms with van der Waals surface area (Å²) in [5, 5.41) is 2.14. The second kappa shape index (κ2) is 8.02. The molecule has 3 amide bonds. The smallest absolute Gasteiger partial charge is 0.258 e. The van der Waals surface area contributed by atoms with Crippen molar-refractivity contribution in [2.24, 2.45) is 11.5 Å². The molecular formula is C15H21N3O4. The van der Waals surface area contributed by atoms with Gasteiger partial charge in [0.1, 0.15) is 5.75 Å². The Bertz CT molecular complexity index is 545. The highest BCUT2D eigenvalue weighted by Gasteiger charge is 2.24. The molecule has 7 nitrogen and oxygen atoms in total. The van der Waals surface area contributed by atoms with Crippen molar-refractivity contribution in [2.75, 3.05) is 6.61 Å². The van der Waals surface area contributed by atoms with Crippen molar-refractivity contribution in [3.8, 4) is 5.75 Å². The van der Waals surface area contributed by atoms with E-state index in [9.17, 15) is 14.4 Å². The van der Waals surface area contributed by atoms with Gasteiger partial charge in [0, 0.05) is 0 Å². The summed E-state index contributed by atoms with van der Waals surface area (Å²) in [4.78, 5) is 33.7. The molecule has 0 fully saturated rings. The molecule has 0 radical (unpaired) electrons. The number of benzene rings is 1. The summed E-state index contributed by atoms with van der Waals surface area (Å²) < 4.78 is 5.47. The minimum Gasteiger partial charge on any atom is -0.483 e. The van der Waals surface area contributed by atoms with Gasteiger partial charge in [-0.3, -0.25) is 14.4 Å². The highest BCUT2D eigenvalue weighted by atomic mass is 16.5. The number of amides is 3. The van der Waals surface area contributed by atoms with Crippen LogP contribution in [0, 0.1) is 0 Å². The standard InChI is InChI=1S/C15H21N3O4/c1-3-9(2)10-6-4-5-7-11(10)22-8-12(19)18-13(14(16)20)15(17)21/h4-7,9,13H,3,8H2,1-2H3,(H2,16,20)(H2,17,21)(H,18,19)/t9-/m1/s1. The monoisotopic (exact) mass is 307 g/mol. The Labute approximate surface area is 129 Å². The van der Waals surface area contributed by atoms with Gasteiger partial charge in [0.05, 0.1) is 0 Å². The fourth-order valence-corrected chi connectivity index (χ4v) is 1.87. The number of nitrogens with two attached hydrogens (primary N) is 2. The zero-order chi connectivity index (χ0) is 16.7. The number of para-hydroxylation sites is 1. The number of rotatable bonds is 8. The van der Waals surface area contributed by atoms with Crippen LogP contribution in [-0.2, 0) is 14.4 Å². The summed E-state index contributed by atoms with van der Waals surface area (Å²) in [5.41, 5.74) is 10.9. The summed E-state index contributed by atoms with van der Waals surface area (Å²) in [7, 11) is 0. The van der Waals surface area contributed by atoms with Crippen molar-refractivity contribution >= 4 is 17.7 Å². The summed E-state index contributed by atoms with van der Waals surface area (Å²) in [5.74, 6) is -1.81. The van der Waals surface area contributed by atoms with Crippen molar-refractivity contribution in [2.45, 2.75) is 32.2 Å². The molecule has 0 aliphatic rings. The lowest BCUT2D eigenvalue weighted by Gasteiger charge is -2.16. The second-order valence-corrected chi connectivity index (χ2v) is 4.94. The summed E-state index contributed by atoms with van der Waals surface area (Å²) in [6.07, 6.45) is 0.929. The Morgan fingerprint density at radius 2 is 1.77 bits per heavy atom. The molecule has 0 spiro atoms. The average molecular weight is 307 g/mol. The Morgan fingerprint density at radius 3 is 2.32 bits per heavy atom. The lowest BCUT2D eigenvalue weighted by molar-refractivity contribution is -0.134. The third-order valence-corrected chi connectivity index (χ3v) is 3.30. The predicted molar refractivity (Wildman–Crippen MR) is 81.0 cm³/mol. The number of hydrogen-bond acceptors (Lipinski definition) is 4. The van der Waals surface area contributed by atoms with Crippen molar-refractivity contribution in [1.29, 1.82) is 0 Å². The quantitative estimate of drug-likeness (QED) is 0.586. The minimum absolute atomic E-state index is 0.281. The van der Waals surface area contributed by atoms with Crippen LogP contribution in [0.15, 0.2) is 24.3 Å². The lowest BCUT2D eigenvalue weighted by atomic mass is 9.98. The van der Waals surface area contributed by atoms with E-state index in [1.54, 1.807) is 12.1 Å². The first kappa shape index (κ1) is 17.5. The van der Waals surface area contributed by atoms with E-state index in [1.807, 2.05) is 12.1 Å². The topological polar surface area (TPSA) is 125 Å². The van der Waals surface area contributed by atoms with Gasteiger partial charge in [0.25, 0.3) is 5.91 Å². The molecule has 120 valence electrons. The van der Waals surface area contributed by atoms with Gasteiger partial charge in [-0.05, 0) is 24.0 Å². The molecular weight excluding hydrogens is 286 g/mol. The van der Waals surface area contributed by atoms with Crippen LogP contribution in [-0.4, -0.2) is 30.4 Å². The Kier molecular flexibility index (Phi) is 6.37. The number of carbonyl (C=O) groups excluding carboxylic acids is 3. The molecule has 1 rings (SSSR count). The number of hydrogen-bond donors (Lipinski definition) is 3. The molecule has 0 unspecified atom stereocenters. The van der Waals surface area contributed by atoms with E-state index in [-0.39, 0.29) is 12.5 Å². The van der Waals surface area contributed by atoms with Crippen LogP contribution >= 0.6 is 0 Å². The SMILES string of the molecule is CC[C@@H](C)c1ccccc1OCC(=O)NC(C(N)=O)C(N)=O. The van der Waals surface area contributed by atoms with Crippen LogP contribution < -0.4 is 21.5 Å². The van der Waals surface area contributed by atoms with Crippen molar-refractivity contribution in [1.82, 2.24) is 5.32 Å². The molecule has 1 aromatic rings. The van der Waals surface area contributed by atoms with Gasteiger partial charge < -0.3 is 21.5 Å². The van der Waals surface area contributed by atoms with Crippen LogP contribution in [0.4, 0.5) is 0 Å². The highest BCUT2D eigenvalue weighted by Crippen LogP contribution is 2.28. The summed E-state index contributed by atoms with van der Waals surface area (Å²) in [6.45, 7) is 3.77. The maximum absolute atomic E-state index is 11.7. The lowest BCUT2D eigenvalue weighted by Crippen LogP contribution is -2.53. The van der Waals surface area contributed by atoms with Gasteiger partial charge in [0.2, 0.25) is 11.8 Å². The number of primary amides is 2. The van der Waals surface area contributed by atoms with E-state index in [4.69, 9.17) is 16.2 Å². The van der Waals surface area contributed by atoms with Gasteiger partial charge in [-0.15, -0.1) is 0 Å². The fraction of sp³-hybridized carbons (Fsp3) is 0.400. The molecule has 5 N–H and O–H groups in total. The molecule has 0 heterocycles. The van der Waals surface area contributed by atoms with Crippen molar-refractivity contribution < 1.29 is 19.1 Å². The van der Waals surface area contributed by atoms with Gasteiger partial charge in [-0.1, -0.05) is 32.0 Å². The van der Waals surface area contributed by atoms with E-state index in [0.29, 0.717) is 5.75 Å². The van der Waals surface area contributed by atoms with Gasteiger partial charge in [0.15, 0.2) is 12.6 Å². The van der Waals surface area contributed by atoms with E-state index < -0.39 is 23.8 Å². The Morgan fingerprint density at radius 1 is 1.18 bits per heavy atom. The number of carbonyl (C=O) groups is 3. The van der Waals surface area contributed by atoms with E-state index in [2.05, 4.69) is 19.2 Å². The Balaban J connectivity index is 2.69. The van der Waals surface area contributed by atoms with Crippen molar-refractivity contribution in [3.63, 3.8) is 0 Å². The molecule has 0 saturated heterocycles. The molecule has 22 heavy (non-hydrogen) atoms. The van der Waals surface area contributed by atoms with E-state index in [0.717, 1.165) is 12.0 Å². The van der Waals surface area contributed by atoms with Crippen LogP contribution in [0.3, 0.4) is 0 Å². The van der Waals surface area contributed by atoms with Crippen LogP contribution in [0.1, 0.15) is 31.7 Å². The zero-order valence-electron chi connectivity index (χ0n) is 12.7. The maximum Gasteiger partial charge on any atom is 0.258 e. The summed E-state index contributed by atoms with van der Waals surface area (Å²) in [6, 6.07) is 5.84. The predicted octanol–water partition coefficient (Wildman–Crippen LogP) is 0.0343. The number of ether oxygens (including phenoxy) is 1. The molecule has 1 aromatic carbocycles. The fourth-order valence-electron chi connectivity index (χ4n) is 1.87. The van der Waals surface area contributed by atoms with Crippen LogP contribution in [0.25, 0.3) is 0 Å². The molecule has 1 atom stereocenters. The molecule has 0 saturated carbocycles. The third-order valence-electron chi connectivity index (χ3n) is 3.30. The van der Waals surface area contributed by atoms with Gasteiger partial charge in [-0.2, -0.15) is 0 Å². The second-order valence-electron chi connectivity index (χ2n) is 4.94. The average Bonchev–Trinajstić information content (AvgIpc) is 2.49. The molecule has 0 bridgehead atoms. The normalized spacial score (nSPS) is 11.8. The van der Waals surface area contributed by atoms with Crippen LogP contribution in [0.5, 0.6) is 5.75 Å². The van der Waals surface area contributed by atoms with Gasteiger partial charge in [-0.25, -0.2) is 0 Å².